The van der Waals surface area contributed by atoms with Crippen LogP contribution in [0.2, 0.25) is 0 Å². The van der Waals surface area contributed by atoms with E-state index in [-0.39, 0.29) is 18.1 Å². The van der Waals surface area contributed by atoms with Crippen molar-refractivity contribution in [1.29, 1.82) is 0 Å². The Balaban J connectivity index is 1.65. The molecule has 2 heterocycles. The molecule has 0 bridgehead atoms. The molecule has 0 aliphatic rings. The van der Waals surface area contributed by atoms with Crippen molar-refractivity contribution < 1.29 is 13.9 Å². The summed E-state index contributed by atoms with van der Waals surface area (Å²) in [5, 5.41) is 7.78. The third kappa shape index (κ3) is 3.11. The topological polar surface area (TPSA) is 82.8 Å². The molecule has 2 aromatic heterocycles. The van der Waals surface area contributed by atoms with Gasteiger partial charge in [-0.2, -0.15) is 0 Å². The van der Waals surface area contributed by atoms with Crippen molar-refractivity contribution in [3.8, 4) is 5.69 Å². The van der Waals surface area contributed by atoms with Crippen LogP contribution in [0.1, 0.15) is 16.2 Å². The molecule has 22 heavy (non-hydrogen) atoms. The maximum atomic E-state index is 12.9. The Bertz CT molecular complexity index is 773. The SMILES string of the molecule is O=C(OCc1cn(-c2ccc(F)cc2)nn1)c1cnccn1. The molecule has 0 N–H and O–H groups in total. The van der Waals surface area contributed by atoms with Crippen LogP contribution in [-0.2, 0) is 11.3 Å². The lowest BCUT2D eigenvalue weighted by Gasteiger charge is -2.01. The molecular weight excluding hydrogens is 289 g/mol. The van der Waals surface area contributed by atoms with Crippen molar-refractivity contribution >= 4 is 5.97 Å². The average Bonchev–Trinajstić information content (AvgIpc) is 3.03. The molecule has 0 spiro atoms. The summed E-state index contributed by atoms with van der Waals surface area (Å²) in [7, 11) is 0. The molecule has 0 aliphatic carbocycles. The molecule has 3 aromatic rings. The standard InChI is InChI=1S/C14H10FN5O2/c15-10-1-3-12(4-2-10)20-8-11(18-19-20)9-22-14(21)13-7-16-5-6-17-13/h1-8H,9H2. The second-order valence-corrected chi connectivity index (χ2v) is 4.30. The molecule has 0 saturated heterocycles. The lowest BCUT2D eigenvalue weighted by Crippen LogP contribution is -2.07. The molecule has 110 valence electrons. The van der Waals surface area contributed by atoms with E-state index in [4.69, 9.17) is 4.74 Å². The number of benzene rings is 1. The fourth-order valence-corrected chi connectivity index (χ4v) is 1.70. The van der Waals surface area contributed by atoms with E-state index in [2.05, 4.69) is 20.3 Å². The van der Waals surface area contributed by atoms with Gasteiger partial charge in [0.25, 0.3) is 0 Å². The highest BCUT2D eigenvalue weighted by Crippen LogP contribution is 2.09. The van der Waals surface area contributed by atoms with Gasteiger partial charge in [-0.05, 0) is 24.3 Å². The first-order chi connectivity index (χ1) is 10.7. The van der Waals surface area contributed by atoms with Crippen molar-refractivity contribution in [2.45, 2.75) is 6.61 Å². The Kier molecular flexibility index (Phi) is 3.82. The van der Waals surface area contributed by atoms with Crippen LogP contribution in [0.5, 0.6) is 0 Å². The number of carbonyl (C=O) groups excluding carboxylic acids is 1. The van der Waals surface area contributed by atoms with Crippen LogP contribution in [-0.4, -0.2) is 30.9 Å². The predicted octanol–water partition coefficient (Wildman–Crippen LogP) is 1.55. The Morgan fingerprint density at radius 1 is 1.23 bits per heavy atom. The first-order valence-corrected chi connectivity index (χ1v) is 6.33. The van der Waals surface area contributed by atoms with Gasteiger partial charge in [-0.1, -0.05) is 5.21 Å². The molecule has 0 radical (unpaired) electrons. The van der Waals surface area contributed by atoms with Crippen LogP contribution in [0.15, 0.2) is 49.1 Å². The lowest BCUT2D eigenvalue weighted by molar-refractivity contribution is 0.0460. The average molecular weight is 299 g/mol. The summed E-state index contributed by atoms with van der Waals surface area (Å²) in [5.74, 6) is -0.925. The number of nitrogens with zero attached hydrogens (tertiary/aromatic N) is 5. The first-order valence-electron chi connectivity index (χ1n) is 6.33. The summed E-state index contributed by atoms with van der Waals surface area (Å²) < 4.78 is 19.4. The van der Waals surface area contributed by atoms with E-state index in [1.807, 2.05) is 0 Å². The van der Waals surface area contributed by atoms with Gasteiger partial charge in [0.05, 0.1) is 18.1 Å². The zero-order chi connectivity index (χ0) is 15.4. The minimum Gasteiger partial charge on any atom is -0.454 e. The summed E-state index contributed by atoms with van der Waals surface area (Å²) in [5.41, 5.74) is 1.23. The van der Waals surface area contributed by atoms with Crippen LogP contribution in [0.4, 0.5) is 4.39 Å². The van der Waals surface area contributed by atoms with E-state index in [9.17, 15) is 9.18 Å². The molecule has 0 saturated carbocycles. The van der Waals surface area contributed by atoms with E-state index in [0.29, 0.717) is 11.4 Å². The van der Waals surface area contributed by atoms with Gasteiger partial charge in [-0.15, -0.1) is 5.10 Å². The second-order valence-electron chi connectivity index (χ2n) is 4.30. The highest BCUT2D eigenvalue weighted by Gasteiger charge is 2.10. The van der Waals surface area contributed by atoms with E-state index in [0.717, 1.165) is 0 Å². The Labute approximate surface area is 124 Å². The molecule has 0 amide bonds. The van der Waals surface area contributed by atoms with Crippen LogP contribution >= 0.6 is 0 Å². The molecule has 8 heteroatoms. The van der Waals surface area contributed by atoms with Gasteiger partial charge in [0.2, 0.25) is 0 Å². The van der Waals surface area contributed by atoms with Crippen molar-refractivity contribution in [2.75, 3.05) is 0 Å². The normalized spacial score (nSPS) is 10.4. The minimum atomic E-state index is -0.593. The van der Waals surface area contributed by atoms with Crippen molar-refractivity contribution in [2.24, 2.45) is 0 Å². The van der Waals surface area contributed by atoms with Gasteiger partial charge in [0.15, 0.2) is 5.69 Å². The number of aromatic nitrogens is 5. The van der Waals surface area contributed by atoms with E-state index in [1.54, 1.807) is 18.3 Å². The van der Waals surface area contributed by atoms with Crippen molar-refractivity contribution in [3.05, 3.63) is 66.3 Å². The third-order valence-corrected chi connectivity index (χ3v) is 2.76. The lowest BCUT2D eigenvalue weighted by atomic mass is 10.3. The quantitative estimate of drug-likeness (QED) is 0.680. The van der Waals surface area contributed by atoms with Crippen LogP contribution < -0.4 is 0 Å². The third-order valence-electron chi connectivity index (χ3n) is 2.76. The molecule has 7 nitrogen and oxygen atoms in total. The van der Waals surface area contributed by atoms with E-state index < -0.39 is 5.97 Å². The molecule has 1 aromatic carbocycles. The van der Waals surface area contributed by atoms with Gasteiger partial charge < -0.3 is 4.74 Å². The Hall–Kier alpha value is -3.16. The Morgan fingerprint density at radius 3 is 2.77 bits per heavy atom. The smallest absolute Gasteiger partial charge is 0.358 e. The summed E-state index contributed by atoms with van der Waals surface area (Å²) in [6.07, 6.45) is 5.78. The fourth-order valence-electron chi connectivity index (χ4n) is 1.70. The van der Waals surface area contributed by atoms with Crippen molar-refractivity contribution in [3.63, 3.8) is 0 Å². The molecule has 0 aliphatic heterocycles. The zero-order valence-corrected chi connectivity index (χ0v) is 11.3. The maximum Gasteiger partial charge on any atom is 0.358 e. The summed E-state index contributed by atoms with van der Waals surface area (Å²) in [6, 6.07) is 5.79. The van der Waals surface area contributed by atoms with Gasteiger partial charge in [-0.3, -0.25) is 4.98 Å². The predicted molar refractivity (Wildman–Crippen MR) is 72.5 cm³/mol. The Morgan fingerprint density at radius 2 is 2.05 bits per heavy atom. The van der Waals surface area contributed by atoms with Crippen LogP contribution in [0.3, 0.4) is 0 Å². The number of hydrogen-bond donors (Lipinski definition) is 0. The first kappa shape index (κ1) is 13.8. The molecule has 0 unspecified atom stereocenters. The summed E-state index contributed by atoms with van der Waals surface area (Å²) in [4.78, 5) is 19.3. The van der Waals surface area contributed by atoms with Gasteiger partial charge in [0.1, 0.15) is 18.1 Å². The fraction of sp³-hybridized carbons (Fsp3) is 0.0714. The summed E-state index contributed by atoms with van der Waals surface area (Å²) in [6.45, 7) is -0.0450. The van der Waals surface area contributed by atoms with Gasteiger partial charge in [0, 0.05) is 12.4 Å². The number of hydrogen-bond acceptors (Lipinski definition) is 6. The van der Waals surface area contributed by atoms with Crippen LogP contribution in [0, 0.1) is 5.82 Å². The van der Waals surface area contributed by atoms with Crippen LogP contribution in [0.25, 0.3) is 5.69 Å². The van der Waals surface area contributed by atoms with Gasteiger partial charge in [-0.25, -0.2) is 18.9 Å². The molecule has 3 rings (SSSR count). The maximum absolute atomic E-state index is 12.9. The molecular formula is C14H10FN5O2. The second kappa shape index (κ2) is 6.08. The summed E-state index contributed by atoms with van der Waals surface area (Å²) >= 11 is 0. The monoisotopic (exact) mass is 299 g/mol. The largest absolute Gasteiger partial charge is 0.454 e. The molecule has 0 fully saturated rings. The van der Waals surface area contributed by atoms with E-state index >= 15 is 0 Å². The highest BCUT2D eigenvalue weighted by atomic mass is 19.1. The number of rotatable bonds is 4. The highest BCUT2D eigenvalue weighted by molar-refractivity contribution is 5.86. The number of halogens is 1. The molecule has 0 atom stereocenters. The van der Waals surface area contributed by atoms with E-state index in [1.165, 1.54) is 35.4 Å². The number of carbonyl (C=O) groups is 1. The number of esters is 1. The van der Waals surface area contributed by atoms with Gasteiger partial charge >= 0.3 is 5.97 Å². The van der Waals surface area contributed by atoms with Crippen molar-refractivity contribution in [1.82, 2.24) is 25.0 Å². The minimum absolute atomic E-state index is 0.0450. The number of ether oxygens (including phenoxy) is 1. The zero-order valence-electron chi connectivity index (χ0n) is 11.3.